The van der Waals surface area contributed by atoms with Crippen LogP contribution in [0.2, 0.25) is 0 Å². The van der Waals surface area contributed by atoms with Gasteiger partial charge in [0.2, 0.25) is 5.91 Å². The highest BCUT2D eigenvalue weighted by Crippen LogP contribution is 2.28. The molecule has 5 nitrogen and oxygen atoms in total. The van der Waals surface area contributed by atoms with Crippen LogP contribution < -0.4 is 14.8 Å². The number of halogens is 2. The fourth-order valence-corrected chi connectivity index (χ4v) is 2.66. The molecule has 0 saturated carbocycles. The normalized spacial score (nSPS) is 11.6. The Morgan fingerprint density at radius 2 is 1.86 bits per heavy atom. The first kappa shape index (κ1) is 21.3. The number of Topliss-reactive ketones (excluding diaryl/α,β-unsaturated/α-hetero) is 1. The lowest BCUT2D eigenvalue weighted by Crippen LogP contribution is -2.27. The number of hydrogen-bond donors (Lipinski definition) is 1. The fourth-order valence-electron chi connectivity index (χ4n) is 2.66. The quantitative estimate of drug-likeness (QED) is 0.514. The highest BCUT2D eigenvalue weighted by atomic mass is 19.1. The maximum absolute atomic E-state index is 13.8. The third-order valence-corrected chi connectivity index (χ3v) is 4.18. The van der Waals surface area contributed by atoms with E-state index in [4.69, 9.17) is 9.47 Å². The SMILES string of the molecule is COc1cc(C(C)=O)ccc1OCCCC(=O)NC(C)c1ccc(F)cc1F. The highest BCUT2D eigenvalue weighted by molar-refractivity contribution is 5.94. The molecule has 0 heterocycles. The molecule has 1 atom stereocenters. The van der Waals surface area contributed by atoms with Crippen LogP contribution in [0.3, 0.4) is 0 Å². The van der Waals surface area contributed by atoms with Crippen molar-refractivity contribution in [1.29, 1.82) is 0 Å². The molecule has 1 amide bonds. The molecule has 0 fully saturated rings. The van der Waals surface area contributed by atoms with Gasteiger partial charge in [-0.3, -0.25) is 9.59 Å². The van der Waals surface area contributed by atoms with E-state index in [9.17, 15) is 18.4 Å². The van der Waals surface area contributed by atoms with E-state index in [1.54, 1.807) is 25.1 Å². The monoisotopic (exact) mass is 391 g/mol. The average Bonchev–Trinajstić information content (AvgIpc) is 2.64. The molecule has 1 unspecified atom stereocenters. The Morgan fingerprint density at radius 1 is 1.11 bits per heavy atom. The zero-order valence-electron chi connectivity index (χ0n) is 16.1. The second-order valence-electron chi connectivity index (χ2n) is 6.33. The van der Waals surface area contributed by atoms with Gasteiger partial charge in [0.1, 0.15) is 11.6 Å². The smallest absolute Gasteiger partial charge is 0.220 e. The lowest BCUT2D eigenvalue weighted by Gasteiger charge is -2.15. The Balaban J connectivity index is 1.82. The summed E-state index contributed by atoms with van der Waals surface area (Å²) in [6.45, 7) is 3.36. The predicted octanol–water partition coefficient (Wildman–Crippen LogP) is 4.21. The molecule has 0 aliphatic heterocycles. The van der Waals surface area contributed by atoms with Crippen LogP contribution in [0.5, 0.6) is 11.5 Å². The standard InChI is InChI=1S/C21H23F2NO4/c1-13(17-8-7-16(22)12-18(17)23)24-21(26)5-4-10-28-19-9-6-15(14(2)25)11-20(19)27-3/h6-9,11-13H,4-5,10H2,1-3H3,(H,24,26). The van der Waals surface area contributed by atoms with Crippen molar-refractivity contribution in [2.45, 2.75) is 32.7 Å². The lowest BCUT2D eigenvalue weighted by atomic mass is 10.1. The summed E-state index contributed by atoms with van der Waals surface area (Å²) in [6.07, 6.45) is 0.614. The zero-order chi connectivity index (χ0) is 20.7. The van der Waals surface area contributed by atoms with Gasteiger partial charge in [-0.05, 0) is 44.5 Å². The van der Waals surface area contributed by atoms with Gasteiger partial charge in [0.25, 0.3) is 0 Å². The molecule has 0 bridgehead atoms. The van der Waals surface area contributed by atoms with Crippen molar-refractivity contribution in [3.05, 3.63) is 59.2 Å². The van der Waals surface area contributed by atoms with Gasteiger partial charge in [0.05, 0.1) is 19.8 Å². The second kappa shape index (κ2) is 9.82. The van der Waals surface area contributed by atoms with Gasteiger partial charge in [-0.15, -0.1) is 0 Å². The van der Waals surface area contributed by atoms with Crippen LogP contribution in [-0.2, 0) is 4.79 Å². The van der Waals surface area contributed by atoms with Gasteiger partial charge in [-0.25, -0.2) is 8.78 Å². The molecule has 0 aliphatic carbocycles. The molecule has 1 N–H and O–H groups in total. The number of nitrogens with one attached hydrogen (secondary N) is 1. The summed E-state index contributed by atoms with van der Waals surface area (Å²) in [7, 11) is 1.48. The zero-order valence-corrected chi connectivity index (χ0v) is 16.1. The molecule has 2 rings (SSSR count). The molecule has 2 aromatic rings. The second-order valence-corrected chi connectivity index (χ2v) is 6.33. The Labute approximate surface area is 162 Å². The topological polar surface area (TPSA) is 64.6 Å². The van der Waals surface area contributed by atoms with Gasteiger partial charge in [0.15, 0.2) is 17.3 Å². The Morgan fingerprint density at radius 3 is 2.50 bits per heavy atom. The minimum absolute atomic E-state index is 0.0757. The van der Waals surface area contributed by atoms with Gasteiger partial charge < -0.3 is 14.8 Å². The summed E-state index contributed by atoms with van der Waals surface area (Å²) in [4.78, 5) is 23.4. The van der Waals surface area contributed by atoms with E-state index in [0.717, 1.165) is 12.1 Å². The van der Waals surface area contributed by atoms with Crippen LogP contribution in [0.15, 0.2) is 36.4 Å². The Kier molecular flexibility index (Phi) is 7.49. The van der Waals surface area contributed by atoms with Crippen molar-refractivity contribution >= 4 is 11.7 Å². The number of rotatable bonds is 9. The third-order valence-electron chi connectivity index (χ3n) is 4.18. The van der Waals surface area contributed by atoms with E-state index in [1.165, 1.54) is 20.1 Å². The summed E-state index contributed by atoms with van der Waals surface area (Å²) >= 11 is 0. The van der Waals surface area contributed by atoms with Gasteiger partial charge in [0, 0.05) is 23.6 Å². The van der Waals surface area contributed by atoms with E-state index in [-0.39, 0.29) is 30.3 Å². The van der Waals surface area contributed by atoms with Crippen molar-refractivity contribution in [2.75, 3.05) is 13.7 Å². The Hall–Kier alpha value is -2.96. The number of benzene rings is 2. The lowest BCUT2D eigenvalue weighted by molar-refractivity contribution is -0.122. The van der Waals surface area contributed by atoms with Crippen LogP contribution in [0.1, 0.15) is 48.7 Å². The minimum atomic E-state index is -0.697. The first-order chi connectivity index (χ1) is 13.3. The van der Waals surface area contributed by atoms with Crippen LogP contribution in [0.25, 0.3) is 0 Å². The summed E-state index contributed by atoms with van der Waals surface area (Å²) in [5.41, 5.74) is 0.742. The predicted molar refractivity (Wildman–Crippen MR) is 101 cm³/mol. The molecule has 0 radical (unpaired) electrons. The van der Waals surface area contributed by atoms with Crippen molar-refractivity contribution in [1.82, 2.24) is 5.32 Å². The van der Waals surface area contributed by atoms with E-state index in [2.05, 4.69) is 5.32 Å². The number of ether oxygens (including phenoxy) is 2. The molecule has 28 heavy (non-hydrogen) atoms. The average molecular weight is 391 g/mol. The Bertz CT molecular complexity index is 854. The number of methoxy groups -OCH3 is 1. The fraction of sp³-hybridized carbons (Fsp3) is 0.333. The van der Waals surface area contributed by atoms with Crippen molar-refractivity contribution < 1.29 is 27.8 Å². The summed E-state index contributed by atoms with van der Waals surface area (Å²) in [6, 6.07) is 7.57. The minimum Gasteiger partial charge on any atom is -0.493 e. The summed E-state index contributed by atoms with van der Waals surface area (Å²) in [5.74, 6) is -0.778. The van der Waals surface area contributed by atoms with E-state index < -0.39 is 17.7 Å². The van der Waals surface area contributed by atoms with Gasteiger partial charge >= 0.3 is 0 Å². The number of carbonyl (C=O) groups is 2. The van der Waals surface area contributed by atoms with E-state index in [1.807, 2.05) is 0 Å². The van der Waals surface area contributed by atoms with Crippen molar-refractivity contribution in [2.24, 2.45) is 0 Å². The molecular formula is C21H23F2NO4. The molecule has 7 heteroatoms. The van der Waals surface area contributed by atoms with Crippen LogP contribution in [-0.4, -0.2) is 25.4 Å². The molecule has 150 valence electrons. The maximum Gasteiger partial charge on any atom is 0.220 e. The first-order valence-electron chi connectivity index (χ1n) is 8.88. The molecule has 2 aromatic carbocycles. The highest BCUT2D eigenvalue weighted by Gasteiger charge is 2.14. The number of ketones is 1. The van der Waals surface area contributed by atoms with Crippen LogP contribution in [0, 0.1) is 11.6 Å². The molecule has 0 saturated heterocycles. The van der Waals surface area contributed by atoms with E-state index in [0.29, 0.717) is 23.5 Å². The summed E-state index contributed by atoms with van der Waals surface area (Å²) in [5, 5.41) is 2.68. The molecule has 0 spiro atoms. The number of carbonyl (C=O) groups excluding carboxylic acids is 2. The molecular weight excluding hydrogens is 368 g/mol. The molecule has 0 aliphatic rings. The van der Waals surface area contributed by atoms with Crippen LogP contribution in [0.4, 0.5) is 8.78 Å². The summed E-state index contributed by atoms with van der Waals surface area (Å²) < 4.78 is 37.6. The number of amides is 1. The van der Waals surface area contributed by atoms with Crippen LogP contribution >= 0.6 is 0 Å². The van der Waals surface area contributed by atoms with Gasteiger partial charge in [-0.1, -0.05) is 6.07 Å². The first-order valence-corrected chi connectivity index (χ1v) is 8.88. The third kappa shape index (κ3) is 5.77. The molecule has 0 aromatic heterocycles. The maximum atomic E-state index is 13.8. The van der Waals surface area contributed by atoms with E-state index >= 15 is 0 Å². The largest absolute Gasteiger partial charge is 0.493 e. The number of hydrogen-bond acceptors (Lipinski definition) is 4. The van der Waals surface area contributed by atoms with Crippen molar-refractivity contribution in [3.8, 4) is 11.5 Å². The van der Waals surface area contributed by atoms with Crippen molar-refractivity contribution in [3.63, 3.8) is 0 Å². The van der Waals surface area contributed by atoms with Gasteiger partial charge in [-0.2, -0.15) is 0 Å².